The second kappa shape index (κ2) is 8.76. The maximum Gasteiger partial charge on any atom is 0.290 e. The number of aryl methyl sites for hydroxylation is 1. The number of para-hydroxylation sites is 1. The fraction of sp³-hybridized carbons (Fsp3) is 0.227. The van der Waals surface area contributed by atoms with Gasteiger partial charge in [-0.2, -0.15) is 0 Å². The van der Waals surface area contributed by atoms with Crippen molar-refractivity contribution in [3.63, 3.8) is 0 Å². The molecular formula is C22H19F2N3O2S2. The van der Waals surface area contributed by atoms with Crippen LogP contribution in [0.5, 0.6) is 0 Å². The predicted octanol–water partition coefficient (Wildman–Crippen LogP) is 6.00. The second-order valence-corrected chi connectivity index (χ2v) is 9.45. The molecule has 2 heterocycles. The van der Waals surface area contributed by atoms with Crippen molar-refractivity contribution in [1.82, 2.24) is 15.1 Å². The van der Waals surface area contributed by atoms with Crippen molar-refractivity contribution in [3.8, 4) is 0 Å². The van der Waals surface area contributed by atoms with Crippen LogP contribution in [0.3, 0.4) is 0 Å². The lowest BCUT2D eigenvalue weighted by Gasteiger charge is -2.25. The van der Waals surface area contributed by atoms with Gasteiger partial charge in [-0.25, -0.2) is 8.78 Å². The molecule has 0 spiro atoms. The Bertz CT molecular complexity index is 1250. The van der Waals surface area contributed by atoms with Crippen molar-refractivity contribution in [2.45, 2.75) is 30.0 Å². The summed E-state index contributed by atoms with van der Waals surface area (Å²) >= 11 is 2.98. The molecule has 5 nitrogen and oxygen atoms in total. The summed E-state index contributed by atoms with van der Waals surface area (Å²) in [5, 5.41) is 9.88. The summed E-state index contributed by atoms with van der Waals surface area (Å²) in [6.07, 6.45) is 0. The van der Waals surface area contributed by atoms with Gasteiger partial charge in [-0.05, 0) is 37.6 Å². The lowest BCUT2D eigenvalue weighted by atomic mass is 10.1. The summed E-state index contributed by atoms with van der Waals surface area (Å²) < 4.78 is 33.7. The molecule has 0 saturated carbocycles. The summed E-state index contributed by atoms with van der Waals surface area (Å²) in [5.74, 6) is -1.49. The van der Waals surface area contributed by atoms with Crippen LogP contribution in [0.1, 0.15) is 39.7 Å². The van der Waals surface area contributed by atoms with Crippen molar-refractivity contribution >= 4 is 40.0 Å². The van der Waals surface area contributed by atoms with Gasteiger partial charge in [0.25, 0.3) is 5.91 Å². The molecule has 2 aromatic carbocycles. The van der Waals surface area contributed by atoms with E-state index in [4.69, 9.17) is 4.42 Å². The standard InChI is InChI=1S/C22H19F2N3O2S2/c1-12(14-8-9-17(23)18(24)10-14)27(3)21(28)20-16(11-30-22-26-25-13(2)31-22)15-6-4-5-7-19(15)29-20/h4-10,12H,11H2,1-3H3. The van der Waals surface area contributed by atoms with Gasteiger partial charge in [-0.3, -0.25) is 4.79 Å². The third-order valence-electron chi connectivity index (χ3n) is 5.07. The van der Waals surface area contributed by atoms with E-state index in [9.17, 15) is 13.6 Å². The Morgan fingerprint density at radius 3 is 2.68 bits per heavy atom. The molecule has 0 N–H and O–H groups in total. The highest BCUT2D eigenvalue weighted by Gasteiger charge is 2.27. The van der Waals surface area contributed by atoms with Crippen molar-refractivity contribution in [2.24, 2.45) is 0 Å². The van der Waals surface area contributed by atoms with Gasteiger partial charge in [-0.1, -0.05) is 47.4 Å². The zero-order valence-corrected chi connectivity index (χ0v) is 18.7. The number of fused-ring (bicyclic) bond motifs is 1. The Labute approximate surface area is 186 Å². The molecule has 0 bridgehead atoms. The van der Waals surface area contributed by atoms with Crippen LogP contribution in [0.25, 0.3) is 11.0 Å². The Kier molecular flexibility index (Phi) is 6.06. The smallest absolute Gasteiger partial charge is 0.290 e. The Morgan fingerprint density at radius 2 is 1.97 bits per heavy atom. The van der Waals surface area contributed by atoms with E-state index < -0.39 is 17.7 Å². The number of amides is 1. The number of carbonyl (C=O) groups excluding carboxylic acids is 1. The number of rotatable bonds is 6. The molecule has 2 aromatic heterocycles. The second-order valence-electron chi connectivity index (χ2n) is 7.05. The summed E-state index contributed by atoms with van der Waals surface area (Å²) in [7, 11) is 1.62. The summed E-state index contributed by atoms with van der Waals surface area (Å²) in [6, 6.07) is 10.6. The highest BCUT2D eigenvalue weighted by atomic mass is 32.2. The maximum absolute atomic E-state index is 13.7. The molecule has 31 heavy (non-hydrogen) atoms. The zero-order chi connectivity index (χ0) is 22.1. The first-order chi connectivity index (χ1) is 14.8. The molecule has 0 saturated heterocycles. The first kappa shape index (κ1) is 21.5. The number of carbonyl (C=O) groups is 1. The highest BCUT2D eigenvalue weighted by Crippen LogP contribution is 2.34. The molecule has 9 heteroatoms. The van der Waals surface area contributed by atoms with Crippen LogP contribution in [-0.4, -0.2) is 28.1 Å². The number of aromatic nitrogens is 2. The highest BCUT2D eigenvalue weighted by molar-refractivity contribution is 8.00. The van der Waals surface area contributed by atoms with Crippen LogP contribution in [0.2, 0.25) is 0 Å². The zero-order valence-electron chi connectivity index (χ0n) is 17.1. The third kappa shape index (κ3) is 4.33. The molecule has 1 atom stereocenters. The van der Waals surface area contributed by atoms with Crippen LogP contribution in [0.4, 0.5) is 8.78 Å². The number of halogens is 2. The van der Waals surface area contributed by atoms with Crippen LogP contribution in [0, 0.1) is 18.6 Å². The maximum atomic E-state index is 13.7. The average molecular weight is 460 g/mol. The molecular weight excluding hydrogens is 440 g/mol. The number of thioether (sulfide) groups is 1. The van der Waals surface area contributed by atoms with E-state index >= 15 is 0 Å². The van der Waals surface area contributed by atoms with Crippen LogP contribution >= 0.6 is 23.1 Å². The minimum Gasteiger partial charge on any atom is -0.451 e. The molecule has 160 valence electrons. The fourth-order valence-electron chi connectivity index (χ4n) is 3.22. The van der Waals surface area contributed by atoms with Crippen molar-refractivity contribution in [1.29, 1.82) is 0 Å². The van der Waals surface area contributed by atoms with E-state index in [1.807, 2.05) is 31.2 Å². The Balaban J connectivity index is 1.65. The van der Waals surface area contributed by atoms with E-state index in [-0.39, 0.29) is 11.7 Å². The number of hydrogen-bond acceptors (Lipinski definition) is 6. The lowest BCUT2D eigenvalue weighted by molar-refractivity contribution is 0.0711. The molecule has 0 aliphatic rings. The lowest BCUT2D eigenvalue weighted by Crippen LogP contribution is -2.30. The minimum atomic E-state index is -0.946. The van der Waals surface area contributed by atoms with Crippen LogP contribution in [-0.2, 0) is 5.75 Å². The van der Waals surface area contributed by atoms with E-state index in [1.165, 1.54) is 34.1 Å². The van der Waals surface area contributed by atoms with Crippen molar-refractivity contribution in [2.75, 3.05) is 7.05 Å². The molecule has 4 aromatic rings. The molecule has 1 amide bonds. The molecule has 4 rings (SSSR count). The van der Waals surface area contributed by atoms with E-state index in [2.05, 4.69) is 10.2 Å². The molecule has 0 aliphatic heterocycles. The first-order valence-corrected chi connectivity index (χ1v) is 11.3. The third-order valence-corrected chi connectivity index (χ3v) is 7.07. The normalized spacial score (nSPS) is 12.3. The van der Waals surface area contributed by atoms with Gasteiger partial charge in [-0.15, -0.1) is 10.2 Å². The Morgan fingerprint density at radius 1 is 1.19 bits per heavy atom. The first-order valence-electron chi connectivity index (χ1n) is 9.50. The average Bonchev–Trinajstić information content (AvgIpc) is 3.35. The topological polar surface area (TPSA) is 59.2 Å². The van der Waals surface area contributed by atoms with Crippen molar-refractivity contribution < 1.29 is 18.0 Å². The van der Waals surface area contributed by atoms with E-state index in [1.54, 1.807) is 14.0 Å². The van der Waals surface area contributed by atoms with E-state index in [0.29, 0.717) is 16.9 Å². The number of benzene rings is 2. The van der Waals surface area contributed by atoms with Gasteiger partial charge in [0, 0.05) is 23.8 Å². The number of furan rings is 1. The van der Waals surface area contributed by atoms with Gasteiger partial charge in [0.05, 0.1) is 6.04 Å². The molecule has 0 radical (unpaired) electrons. The Hall–Kier alpha value is -2.78. The molecule has 0 fully saturated rings. The molecule has 1 unspecified atom stereocenters. The summed E-state index contributed by atoms with van der Waals surface area (Å²) in [5.41, 5.74) is 1.87. The van der Waals surface area contributed by atoms with E-state index in [0.717, 1.165) is 32.4 Å². The minimum absolute atomic E-state index is 0.229. The fourth-order valence-corrected chi connectivity index (χ4v) is 5.06. The number of nitrogens with zero attached hydrogens (tertiary/aromatic N) is 3. The quantitative estimate of drug-likeness (QED) is 0.331. The van der Waals surface area contributed by atoms with Crippen LogP contribution in [0.15, 0.2) is 51.2 Å². The monoisotopic (exact) mass is 459 g/mol. The largest absolute Gasteiger partial charge is 0.451 e. The van der Waals surface area contributed by atoms with Gasteiger partial charge >= 0.3 is 0 Å². The molecule has 0 aliphatic carbocycles. The summed E-state index contributed by atoms with van der Waals surface area (Å²) in [6.45, 7) is 3.64. The van der Waals surface area contributed by atoms with Gasteiger partial charge in [0.1, 0.15) is 10.6 Å². The van der Waals surface area contributed by atoms with Gasteiger partial charge < -0.3 is 9.32 Å². The predicted molar refractivity (Wildman–Crippen MR) is 117 cm³/mol. The summed E-state index contributed by atoms with van der Waals surface area (Å²) in [4.78, 5) is 14.8. The number of hydrogen-bond donors (Lipinski definition) is 0. The van der Waals surface area contributed by atoms with Crippen LogP contribution < -0.4 is 0 Å². The van der Waals surface area contributed by atoms with Gasteiger partial charge in [0.15, 0.2) is 21.7 Å². The SMILES string of the molecule is Cc1nnc(SCc2c(C(=O)N(C)C(C)c3ccc(F)c(F)c3)oc3ccccc23)s1. The van der Waals surface area contributed by atoms with Crippen molar-refractivity contribution in [3.05, 3.63) is 76.0 Å². The van der Waals surface area contributed by atoms with Gasteiger partial charge in [0.2, 0.25) is 0 Å².